The molecule has 0 unspecified atom stereocenters. The molecule has 4 nitrogen and oxygen atoms in total. The highest BCUT2D eigenvalue weighted by molar-refractivity contribution is 5.81. The SMILES string of the molecule is CC(=O)N1C[C@@H](C(=O)NCc2cccc(F)c2)C[C@H](c2ccc(F)c(C)c2)C1. The van der Waals surface area contributed by atoms with Gasteiger partial charge < -0.3 is 10.2 Å². The normalized spacial score (nSPS) is 19.4. The quantitative estimate of drug-likeness (QED) is 0.874. The van der Waals surface area contributed by atoms with Crippen LogP contribution < -0.4 is 5.32 Å². The van der Waals surface area contributed by atoms with Crippen LogP contribution in [-0.2, 0) is 16.1 Å². The Kier molecular flexibility index (Phi) is 6.07. The lowest BCUT2D eigenvalue weighted by Gasteiger charge is -2.37. The lowest BCUT2D eigenvalue weighted by molar-refractivity contribution is -0.134. The number of aryl methyl sites for hydroxylation is 1. The molecule has 2 atom stereocenters. The fourth-order valence-electron chi connectivity index (χ4n) is 3.69. The molecule has 3 rings (SSSR count). The van der Waals surface area contributed by atoms with Gasteiger partial charge in [0.15, 0.2) is 0 Å². The van der Waals surface area contributed by atoms with Crippen LogP contribution in [0.4, 0.5) is 8.78 Å². The molecule has 0 aliphatic carbocycles. The van der Waals surface area contributed by atoms with Gasteiger partial charge in [-0.05, 0) is 48.2 Å². The average molecular weight is 386 g/mol. The van der Waals surface area contributed by atoms with Gasteiger partial charge in [0.2, 0.25) is 11.8 Å². The number of amides is 2. The second-order valence-electron chi connectivity index (χ2n) is 7.41. The van der Waals surface area contributed by atoms with E-state index in [-0.39, 0.29) is 41.8 Å². The van der Waals surface area contributed by atoms with Gasteiger partial charge >= 0.3 is 0 Å². The van der Waals surface area contributed by atoms with Crippen molar-refractivity contribution < 1.29 is 18.4 Å². The summed E-state index contributed by atoms with van der Waals surface area (Å²) in [5.74, 6) is -1.29. The summed E-state index contributed by atoms with van der Waals surface area (Å²) in [5.41, 5.74) is 2.15. The number of piperidine rings is 1. The molecule has 1 heterocycles. The maximum Gasteiger partial charge on any atom is 0.225 e. The van der Waals surface area contributed by atoms with E-state index in [0.29, 0.717) is 30.6 Å². The highest BCUT2D eigenvalue weighted by Gasteiger charge is 2.33. The van der Waals surface area contributed by atoms with E-state index in [2.05, 4.69) is 5.32 Å². The summed E-state index contributed by atoms with van der Waals surface area (Å²) in [5, 5.41) is 2.84. The van der Waals surface area contributed by atoms with E-state index in [1.165, 1.54) is 25.1 Å². The molecule has 0 spiro atoms. The van der Waals surface area contributed by atoms with E-state index < -0.39 is 0 Å². The predicted octanol–water partition coefficient (Wildman–Crippen LogP) is 3.54. The second-order valence-corrected chi connectivity index (χ2v) is 7.41. The third kappa shape index (κ3) is 4.74. The highest BCUT2D eigenvalue weighted by Crippen LogP contribution is 2.31. The fraction of sp³-hybridized carbons (Fsp3) is 0.364. The lowest BCUT2D eigenvalue weighted by atomic mass is 9.83. The van der Waals surface area contributed by atoms with Gasteiger partial charge in [-0.3, -0.25) is 9.59 Å². The van der Waals surface area contributed by atoms with E-state index in [1.54, 1.807) is 36.1 Å². The van der Waals surface area contributed by atoms with Crippen molar-refractivity contribution in [3.63, 3.8) is 0 Å². The van der Waals surface area contributed by atoms with Gasteiger partial charge in [-0.2, -0.15) is 0 Å². The van der Waals surface area contributed by atoms with Crippen molar-refractivity contribution in [2.24, 2.45) is 5.92 Å². The summed E-state index contributed by atoms with van der Waals surface area (Å²) < 4.78 is 26.9. The first-order chi connectivity index (χ1) is 13.3. The zero-order valence-corrected chi connectivity index (χ0v) is 16.0. The molecule has 0 aromatic heterocycles. The minimum Gasteiger partial charge on any atom is -0.352 e. The molecule has 1 N–H and O–H groups in total. The number of benzene rings is 2. The molecule has 2 aromatic rings. The van der Waals surface area contributed by atoms with Crippen molar-refractivity contribution in [2.75, 3.05) is 13.1 Å². The van der Waals surface area contributed by atoms with Crippen LogP contribution in [0.5, 0.6) is 0 Å². The summed E-state index contributed by atoms with van der Waals surface area (Å²) in [4.78, 5) is 26.4. The first-order valence-electron chi connectivity index (χ1n) is 9.37. The molecule has 6 heteroatoms. The number of nitrogens with one attached hydrogen (secondary N) is 1. The third-order valence-corrected chi connectivity index (χ3v) is 5.28. The predicted molar refractivity (Wildman–Crippen MR) is 102 cm³/mol. The molecule has 0 bridgehead atoms. The van der Waals surface area contributed by atoms with Gasteiger partial charge in [0, 0.05) is 32.5 Å². The molecule has 0 saturated carbocycles. The Morgan fingerprint density at radius 2 is 1.93 bits per heavy atom. The fourth-order valence-corrected chi connectivity index (χ4v) is 3.69. The molecule has 148 valence electrons. The smallest absolute Gasteiger partial charge is 0.225 e. The molecule has 1 saturated heterocycles. The van der Waals surface area contributed by atoms with Crippen LogP contribution in [0.15, 0.2) is 42.5 Å². The van der Waals surface area contributed by atoms with Crippen LogP contribution in [0.25, 0.3) is 0 Å². The van der Waals surface area contributed by atoms with Crippen molar-refractivity contribution in [3.05, 3.63) is 70.8 Å². The Balaban J connectivity index is 1.72. The first-order valence-corrected chi connectivity index (χ1v) is 9.37. The molecule has 1 aliphatic heterocycles. The number of hydrogen-bond acceptors (Lipinski definition) is 2. The van der Waals surface area contributed by atoms with E-state index in [4.69, 9.17) is 0 Å². The Morgan fingerprint density at radius 1 is 1.14 bits per heavy atom. The number of halogens is 2. The molecular formula is C22H24F2N2O2. The van der Waals surface area contributed by atoms with Crippen LogP contribution in [0.3, 0.4) is 0 Å². The van der Waals surface area contributed by atoms with E-state index in [1.807, 2.05) is 0 Å². The Labute approximate surface area is 163 Å². The van der Waals surface area contributed by atoms with Gasteiger partial charge in [-0.1, -0.05) is 24.3 Å². The molecule has 1 fully saturated rings. The zero-order chi connectivity index (χ0) is 20.3. The third-order valence-electron chi connectivity index (χ3n) is 5.28. The zero-order valence-electron chi connectivity index (χ0n) is 16.0. The van der Waals surface area contributed by atoms with Crippen molar-refractivity contribution in [3.8, 4) is 0 Å². The summed E-state index contributed by atoms with van der Waals surface area (Å²) in [7, 11) is 0. The number of hydrogen-bond donors (Lipinski definition) is 1. The number of carbonyl (C=O) groups excluding carboxylic acids is 2. The average Bonchev–Trinajstić information content (AvgIpc) is 2.68. The van der Waals surface area contributed by atoms with Crippen molar-refractivity contribution >= 4 is 11.8 Å². The Bertz CT molecular complexity index is 885. The second kappa shape index (κ2) is 8.50. The van der Waals surface area contributed by atoms with Crippen LogP contribution in [-0.4, -0.2) is 29.8 Å². The Morgan fingerprint density at radius 3 is 2.61 bits per heavy atom. The highest BCUT2D eigenvalue weighted by atomic mass is 19.1. The van der Waals surface area contributed by atoms with Crippen LogP contribution in [0.2, 0.25) is 0 Å². The van der Waals surface area contributed by atoms with Crippen molar-refractivity contribution in [1.29, 1.82) is 0 Å². The maximum absolute atomic E-state index is 13.6. The molecule has 0 radical (unpaired) electrons. The van der Waals surface area contributed by atoms with Crippen molar-refractivity contribution in [2.45, 2.75) is 32.7 Å². The largest absolute Gasteiger partial charge is 0.352 e. The van der Waals surface area contributed by atoms with E-state index in [9.17, 15) is 18.4 Å². The molecule has 2 amide bonds. The van der Waals surface area contributed by atoms with Gasteiger partial charge in [0.05, 0.1) is 5.92 Å². The van der Waals surface area contributed by atoms with Crippen molar-refractivity contribution in [1.82, 2.24) is 10.2 Å². The number of likely N-dealkylation sites (tertiary alicyclic amines) is 1. The van der Waals surface area contributed by atoms with Crippen LogP contribution in [0.1, 0.15) is 36.0 Å². The lowest BCUT2D eigenvalue weighted by Crippen LogP contribution is -2.47. The number of rotatable bonds is 4. The first kappa shape index (κ1) is 20.0. The topological polar surface area (TPSA) is 49.4 Å². The van der Waals surface area contributed by atoms with E-state index in [0.717, 1.165) is 5.56 Å². The van der Waals surface area contributed by atoms with Crippen LogP contribution >= 0.6 is 0 Å². The number of nitrogens with zero attached hydrogens (tertiary/aromatic N) is 1. The summed E-state index contributed by atoms with van der Waals surface area (Å²) in [6.07, 6.45) is 0.573. The number of carbonyl (C=O) groups is 2. The Hall–Kier alpha value is -2.76. The standard InChI is InChI=1S/C22H24F2N2O2/c1-14-8-17(6-7-21(14)24)18-10-19(13-26(12-18)15(2)27)22(28)25-11-16-4-3-5-20(23)9-16/h3-9,18-19H,10-13H2,1-2H3,(H,25,28)/t18-,19-/m0/s1. The molecule has 1 aliphatic rings. The van der Waals surface area contributed by atoms with Gasteiger partial charge in [-0.15, -0.1) is 0 Å². The molecule has 2 aromatic carbocycles. The van der Waals surface area contributed by atoms with E-state index >= 15 is 0 Å². The molecule has 28 heavy (non-hydrogen) atoms. The maximum atomic E-state index is 13.6. The minimum atomic E-state index is -0.374. The van der Waals surface area contributed by atoms with Gasteiger partial charge in [-0.25, -0.2) is 8.78 Å². The monoisotopic (exact) mass is 386 g/mol. The van der Waals surface area contributed by atoms with Gasteiger partial charge in [0.25, 0.3) is 0 Å². The molecular weight excluding hydrogens is 362 g/mol. The van der Waals surface area contributed by atoms with Crippen LogP contribution in [0, 0.1) is 24.5 Å². The summed E-state index contributed by atoms with van der Waals surface area (Å²) >= 11 is 0. The minimum absolute atomic E-state index is 0.0399. The summed E-state index contributed by atoms with van der Waals surface area (Å²) in [6, 6.07) is 11.0. The summed E-state index contributed by atoms with van der Waals surface area (Å²) in [6.45, 7) is 4.27. The van der Waals surface area contributed by atoms with Gasteiger partial charge in [0.1, 0.15) is 11.6 Å².